The van der Waals surface area contributed by atoms with Crippen molar-refractivity contribution in [2.45, 2.75) is 37.7 Å². The van der Waals surface area contributed by atoms with E-state index in [0.717, 1.165) is 40.2 Å². The minimum Gasteiger partial charge on any atom is -0.487 e. The summed E-state index contributed by atoms with van der Waals surface area (Å²) in [7, 11) is 1.78. The van der Waals surface area contributed by atoms with E-state index >= 15 is 0 Å². The Bertz CT molecular complexity index is 1450. The minimum absolute atomic E-state index is 0.133. The van der Waals surface area contributed by atoms with E-state index in [-0.39, 0.29) is 5.41 Å². The lowest BCUT2D eigenvalue weighted by Crippen LogP contribution is -2.40. The summed E-state index contributed by atoms with van der Waals surface area (Å²) >= 11 is 0. The SMILES string of the molecule is CN(N)/C(=N\N)c1ccc(OCc2ccc3ccccc3n2)cc1C1(c2ccccc2)CC2CCC1C2. The van der Waals surface area contributed by atoms with Crippen LogP contribution in [0.3, 0.4) is 0 Å². The molecular weight excluding hydrogens is 458 g/mol. The van der Waals surface area contributed by atoms with E-state index in [9.17, 15) is 0 Å². The number of benzene rings is 3. The summed E-state index contributed by atoms with van der Waals surface area (Å²) in [5, 5.41) is 6.72. The molecule has 2 bridgehead atoms. The maximum atomic E-state index is 6.35. The second kappa shape index (κ2) is 9.52. The largest absolute Gasteiger partial charge is 0.487 e. The van der Waals surface area contributed by atoms with E-state index in [2.05, 4.69) is 59.7 Å². The van der Waals surface area contributed by atoms with Gasteiger partial charge in [-0.2, -0.15) is 5.10 Å². The van der Waals surface area contributed by atoms with Crippen molar-refractivity contribution in [2.24, 2.45) is 28.6 Å². The lowest BCUT2D eigenvalue weighted by Gasteiger charge is -2.41. The summed E-state index contributed by atoms with van der Waals surface area (Å²) in [6.07, 6.45) is 4.87. The fraction of sp³-hybridized carbons (Fsp3) is 0.290. The molecule has 0 amide bonds. The topological polar surface area (TPSA) is 89.8 Å². The van der Waals surface area contributed by atoms with E-state index in [1.54, 1.807) is 7.05 Å². The van der Waals surface area contributed by atoms with Crippen LogP contribution in [-0.4, -0.2) is 22.9 Å². The molecule has 188 valence electrons. The number of nitrogens with two attached hydrogens (primary N) is 2. The molecule has 4 aromatic rings. The van der Waals surface area contributed by atoms with Crippen LogP contribution < -0.4 is 16.4 Å². The smallest absolute Gasteiger partial charge is 0.169 e. The number of rotatable bonds is 6. The second-order valence-electron chi connectivity index (χ2n) is 10.5. The van der Waals surface area contributed by atoms with Gasteiger partial charge >= 0.3 is 0 Å². The molecule has 3 unspecified atom stereocenters. The van der Waals surface area contributed by atoms with Crippen molar-refractivity contribution in [1.29, 1.82) is 0 Å². The Kier molecular flexibility index (Phi) is 6.05. The second-order valence-corrected chi connectivity index (χ2v) is 10.5. The first-order valence-corrected chi connectivity index (χ1v) is 13.0. The van der Waals surface area contributed by atoms with Gasteiger partial charge in [0, 0.05) is 23.4 Å². The van der Waals surface area contributed by atoms with Crippen LogP contribution in [0.4, 0.5) is 0 Å². The maximum Gasteiger partial charge on any atom is 0.169 e. The highest BCUT2D eigenvalue weighted by atomic mass is 16.5. The molecule has 2 aliphatic rings. The van der Waals surface area contributed by atoms with E-state index in [1.165, 1.54) is 35.4 Å². The summed E-state index contributed by atoms with van der Waals surface area (Å²) in [4.78, 5) is 4.78. The van der Waals surface area contributed by atoms with Gasteiger partial charge in [0.05, 0.1) is 11.2 Å². The van der Waals surface area contributed by atoms with Gasteiger partial charge < -0.3 is 10.6 Å². The quantitative estimate of drug-likeness (QED) is 0.164. The highest BCUT2D eigenvalue weighted by molar-refractivity contribution is 6.00. The number of nitrogens with zero attached hydrogens (tertiary/aromatic N) is 3. The molecule has 6 heteroatoms. The molecule has 0 radical (unpaired) electrons. The molecule has 1 heterocycles. The summed E-state index contributed by atoms with van der Waals surface area (Å²) in [6, 6.07) is 29.4. The molecule has 3 atom stereocenters. The predicted octanol–water partition coefficient (Wildman–Crippen LogP) is 5.35. The van der Waals surface area contributed by atoms with Crippen molar-refractivity contribution in [2.75, 3.05) is 7.05 Å². The third-order valence-electron chi connectivity index (χ3n) is 8.35. The molecule has 0 spiro atoms. The summed E-state index contributed by atoms with van der Waals surface area (Å²) in [5.74, 6) is 14.7. The van der Waals surface area contributed by atoms with Gasteiger partial charge in [-0.1, -0.05) is 61.0 Å². The van der Waals surface area contributed by atoms with Gasteiger partial charge in [0.15, 0.2) is 5.84 Å². The molecule has 6 rings (SSSR count). The number of hydrazone groups is 1. The maximum absolute atomic E-state index is 6.35. The van der Waals surface area contributed by atoms with Crippen molar-refractivity contribution < 1.29 is 4.74 Å². The number of pyridine rings is 1. The van der Waals surface area contributed by atoms with Crippen LogP contribution in [0.25, 0.3) is 10.9 Å². The van der Waals surface area contributed by atoms with Gasteiger partial charge in [0.1, 0.15) is 12.4 Å². The fourth-order valence-electron chi connectivity index (χ4n) is 6.78. The zero-order chi connectivity index (χ0) is 25.4. The van der Waals surface area contributed by atoms with Crippen molar-refractivity contribution in [1.82, 2.24) is 9.99 Å². The number of ether oxygens (including phenoxy) is 1. The Morgan fingerprint density at radius 3 is 2.57 bits per heavy atom. The van der Waals surface area contributed by atoms with Crippen molar-refractivity contribution in [3.63, 3.8) is 0 Å². The number of amidine groups is 1. The lowest BCUT2D eigenvalue weighted by molar-refractivity contribution is 0.295. The molecule has 37 heavy (non-hydrogen) atoms. The molecule has 2 fully saturated rings. The van der Waals surface area contributed by atoms with Crippen LogP contribution in [-0.2, 0) is 12.0 Å². The van der Waals surface area contributed by atoms with E-state index in [0.29, 0.717) is 18.4 Å². The van der Waals surface area contributed by atoms with Crippen molar-refractivity contribution >= 4 is 16.7 Å². The van der Waals surface area contributed by atoms with Gasteiger partial charge in [-0.3, -0.25) is 5.01 Å². The summed E-state index contributed by atoms with van der Waals surface area (Å²) < 4.78 is 6.35. The van der Waals surface area contributed by atoms with Gasteiger partial charge in [0.2, 0.25) is 0 Å². The first kappa shape index (κ1) is 23.5. The predicted molar refractivity (Wildman–Crippen MR) is 148 cm³/mol. The molecule has 0 saturated heterocycles. The number of hydrazine groups is 1. The van der Waals surface area contributed by atoms with Crippen LogP contribution in [0, 0.1) is 11.8 Å². The average Bonchev–Trinajstić information content (AvgIpc) is 3.55. The molecule has 3 aromatic carbocycles. The third kappa shape index (κ3) is 4.11. The zero-order valence-electron chi connectivity index (χ0n) is 21.2. The summed E-state index contributed by atoms with van der Waals surface area (Å²) in [6.45, 7) is 0.392. The van der Waals surface area contributed by atoms with Gasteiger partial charge in [0.25, 0.3) is 0 Å². The highest BCUT2D eigenvalue weighted by Gasteiger charge is 2.53. The Labute approximate surface area is 217 Å². The Morgan fingerprint density at radius 2 is 1.84 bits per heavy atom. The third-order valence-corrected chi connectivity index (χ3v) is 8.35. The number of hydrogen-bond donors (Lipinski definition) is 2. The van der Waals surface area contributed by atoms with Crippen LogP contribution >= 0.6 is 0 Å². The monoisotopic (exact) mass is 491 g/mol. The molecular formula is C31H33N5O. The average molecular weight is 492 g/mol. The Morgan fingerprint density at radius 1 is 1.03 bits per heavy atom. The molecule has 6 nitrogen and oxygen atoms in total. The standard InChI is InChI=1S/C31H33N5O/c1-36(33)30(35-32)27-16-15-26(37-20-25-14-12-22-7-5-6-10-29(22)34-25)18-28(27)31(23-8-3-2-4-9-23)19-21-11-13-24(31)17-21/h2-10,12,14-16,18,21,24H,11,13,17,19-20,32-33H2,1H3/b35-30-. The van der Waals surface area contributed by atoms with Gasteiger partial charge in [-0.15, -0.1) is 0 Å². The Hall–Kier alpha value is -3.90. The van der Waals surface area contributed by atoms with Crippen LogP contribution in [0.1, 0.15) is 48.1 Å². The molecule has 0 aliphatic heterocycles. The van der Waals surface area contributed by atoms with Crippen LogP contribution in [0.5, 0.6) is 5.75 Å². The zero-order valence-corrected chi connectivity index (χ0v) is 21.2. The number of fused-ring (bicyclic) bond motifs is 3. The molecule has 1 aromatic heterocycles. The number of hydrogen-bond acceptors (Lipinski definition) is 5. The van der Waals surface area contributed by atoms with E-state index in [1.807, 2.05) is 30.3 Å². The van der Waals surface area contributed by atoms with Gasteiger partial charge in [-0.25, -0.2) is 10.8 Å². The normalized spacial score (nSPS) is 22.9. The van der Waals surface area contributed by atoms with E-state index < -0.39 is 0 Å². The van der Waals surface area contributed by atoms with Crippen LogP contribution in [0.15, 0.2) is 90.0 Å². The minimum atomic E-state index is -0.133. The highest BCUT2D eigenvalue weighted by Crippen LogP contribution is 2.60. The number of aromatic nitrogens is 1. The van der Waals surface area contributed by atoms with Crippen molar-refractivity contribution in [3.05, 3.63) is 107 Å². The molecule has 2 saturated carbocycles. The summed E-state index contributed by atoms with van der Waals surface area (Å²) in [5.41, 5.74) is 5.23. The fourth-order valence-corrected chi connectivity index (χ4v) is 6.78. The Balaban J connectivity index is 1.43. The first-order valence-electron chi connectivity index (χ1n) is 13.0. The first-order chi connectivity index (χ1) is 18.1. The molecule has 4 N–H and O–H groups in total. The van der Waals surface area contributed by atoms with Gasteiger partial charge in [-0.05, 0) is 72.6 Å². The number of para-hydroxylation sites is 1. The van der Waals surface area contributed by atoms with Crippen molar-refractivity contribution in [3.8, 4) is 5.75 Å². The van der Waals surface area contributed by atoms with Crippen LogP contribution in [0.2, 0.25) is 0 Å². The molecule has 2 aliphatic carbocycles. The van der Waals surface area contributed by atoms with E-state index in [4.69, 9.17) is 21.4 Å². The lowest BCUT2D eigenvalue weighted by atomic mass is 9.63.